The number of likely N-dealkylation sites (tertiary alicyclic amines) is 1. The molecule has 0 saturated carbocycles. The molecule has 1 fully saturated rings. The van der Waals surface area contributed by atoms with Gasteiger partial charge in [0, 0.05) is 39.3 Å². The van der Waals surface area contributed by atoms with Crippen LogP contribution < -0.4 is 16.4 Å². The molecule has 0 aromatic heterocycles. The third-order valence-electron chi connectivity index (χ3n) is 4.24. The summed E-state index contributed by atoms with van der Waals surface area (Å²) in [5, 5.41) is 6.87. The minimum atomic E-state index is -0.249. The van der Waals surface area contributed by atoms with E-state index in [9.17, 15) is 4.79 Å². The number of nitrogens with zero attached hydrogens (tertiary/aromatic N) is 3. The molecular formula is C16H34N6O. The lowest BCUT2D eigenvalue weighted by Gasteiger charge is -2.32. The van der Waals surface area contributed by atoms with Gasteiger partial charge in [-0.2, -0.15) is 0 Å². The van der Waals surface area contributed by atoms with E-state index in [-0.39, 0.29) is 5.91 Å². The first kappa shape index (κ1) is 19.7. The summed E-state index contributed by atoms with van der Waals surface area (Å²) in [6.45, 7) is 10.7. The Morgan fingerprint density at radius 2 is 2.00 bits per heavy atom. The quantitative estimate of drug-likeness (QED) is 0.405. The fourth-order valence-corrected chi connectivity index (χ4v) is 2.92. The van der Waals surface area contributed by atoms with E-state index in [2.05, 4.69) is 39.3 Å². The van der Waals surface area contributed by atoms with Gasteiger partial charge in [0.1, 0.15) is 0 Å². The first-order valence-corrected chi connectivity index (χ1v) is 8.79. The van der Waals surface area contributed by atoms with Crippen LogP contribution in [0.3, 0.4) is 0 Å². The lowest BCUT2D eigenvalue weighted by atomic mass is 10.1. The summed E-state index contributed by atoms with van der Waals surface area (Å²) in [4.78, 5) is 19.8. The van der Waals surface area contributed by atoms with Gasteiger partial charge in [0.25, 0.3) is 0 Å². The van der Waals surface area contributed by atoms with Crippen LogP contribution in [0.15, 0.2) is 4.99 Å². The van der Waals surface area contributed by atoms with Crippen LogP contribution in [0.1, 0.15) is 33.1 Å². The molecular weight excluding hydrogens is 292 g/mol. The molecule has 1 aliphatic rings. The molecule has 0 atom stereocenters. The van der Waals surface area contributed by atoms with Gasteiger partial charge in [0.2, 0.25) is 5.91 Å². The molecule has 0 aliphatic carbocycles. The average Bonchev–Trinajstić information content (AvgIpc) is 2.54. The van der Waals surface area contributed by atoms with Crippen LogP contribution in [0, 0.1) is 0 Å². The van der Waals surface area contributed by atoms with Crippen LogP contribution in [0.25, 0.3) is 0 Å². The number of piperidine rings is 1. The van der Waals surface area contributed by atoms with Crippen molar-refractivity contribution in [2.45, 2.75) is 39.2 Å². The van der Waals surface area contributed by atoms with Crippen molar-refractivity contribution in [2.75, 3.05) is 52.9 Å². The van der Waals surface area contributed by atoms with Crippen LogP contribution in [-0.2, 0) is 4.79 Å². The van der Waals surface area contributed by atoms with E-state index in [4.69, 9.17) is 5.73 Å². The summed E-state index contributed by atoms with van der Waals surface area (Å²) in [7, 11) is 1.81. The van der Waals surface area contributed by atoms with Crippen molar-refractivity contribution >= 4 is 11.9 Å². The van der Waals surface area contributed by atoms with Crippen molar-refractivity contribution in [3.8, 4) is 0 Å². The summed E-state index contributed by atoms with van der Waals surface area (Å²) in [5.41, 5.74) is 5.24. The van der Waals surface area contributed by atoms with Crippen molar-refractivity contribution in [2.24, 2.45) is 10.7 Å². The van der Waals surface area contributed by atoms with Crippen molar-refractivity contribution in [3.63, 3.8) is 0 Å². The lowest BCUT2D eigenvalue weighted by molar-refractivity contribution is -0.119. The zero-order valence-electron chi connectivity index (χ0n) is 15.0. The van der Waals surface area contributed by atoms with Crippen molar-refractivity contribution < 1.29 is 4.79 Å². The topological polar surface area (TPSA) is 86.0 Å². The zero-order valence-corrected chi connectivity index (χ0v) is 15.0. The Balaban J connectivity index is 2.25. The molecule has 4 N–H and O–H groups in total. The molecule has 0 spiro atoms. The molecule has 0 aromatic rings. The molecule has 0 bridgehead atoms. The van der Waals surface area contributed by atoms with Gasteiger partial charge in [0.15, 0.2) is 5.96 Å². The fraction of sp³-hybridized carbons (Fsp3) is 0.875. The Morgan fingerprint density at radius 1 is 1.30 bits per heavy atom. The highest BCUT2D eigenvalue weighted by Gasteiger charge is 2.20. The van der Waals surface area contributed by atoms with Gasteiger partial charge in [-0.3, -0.25) is 14.7 Å². The largest absolute Gasteiger partial charge is 0.369 e. The molecule has 1 rings (SSSR count). The molecule has 134 valence electrons. The number of rotatable bonds is 9. The van der Waals surface area contributed by atoms with Gasteiger partial charge in [-0.05, 0) is 32.4 Å². The van der Waals surface area contributed by atoms with Crippen molar-refractivity contribution in [1.29, 1.82) is 0 Å². The Morgan fingerprint density at radius 3 is 2.52 bits per heavy atom. The van der Waals surface area contributed by atoms with Crippen LogP contribution in [0.2, 0.25) is 0 Å². The van der Waals surface area contributed by atoms with Crippen LogP contribution in [-0.4, -0.2) is 80.6 Å². The molecule has 0 unspecified atom stereocenters. The minimum absolute atomic E-state index is 0.249. The summed E-state index contributed by atoms with van der Waals surface area (Å²) < 4.78 is 0. The third kappa shape index (κ3) is 8.18. The summed E-state index contributed by atoms with van der Waals surface area (Å²) in [5.74, 6) is 0.618. The van der Waals surface area contributed by atoms with Gasteiger partial charge in [-0.25, -0.2) is 0 Å². The molecule has 23 heavy (non-hydrogen) atoms. The van der Waals surface area contributed by atoms with E-state index in [1.165, 1.54) is 6.42 Å². The maximum atomic E-state index is 10.9. The fourth-order valence-electron chi connectivity index (χ4n) is 2.92. The molecule has 0 aromatic carbocycles. The predicted molar refractivity (Wildman–Crippen MR) is 95.6 cm³/mol. The normalized spacial score (nSPS) is 17.5. The van der Waals surface area contributed by atoms with E-state index in [0.29, 0.717) is 12.6 Å². The van der Waals surface area contributed by atoms with Gasteiger partial charge < -0.3 is 21.3 Å². The minimum Gasteiger partial charge on any atom is -0.369 e. The number of amides is 1. The molecule has 1 saturated heterocycles. The van der Waals surface area contributed by atoms with Gasteiger partial charge >= 0.3 is 0 Å². The Labute approximate surface area is 140 Å². The molecule has 1 heterocycles. The molecule has 0 radical (unpaired) electrons. The number of nitrogens with two attached hydrogens (primary N) is 1. The number of primary amides is 1. The van der Waals surface area contributed by atoms with Crippen molar-refractivity contribution in [1.82, 2.24) is 20.4 Å². The third-order valence-corrected chi connectivity index (χ3v) is 4.24. The number of nitrogens with one attached hydrogen (secondary N) is 2. The van der Waals surface area contributed by atoms with Crippen LogP contribution in [0.4, 0.5) is 0 Å². The van der Waals surface area contributed by atoms with Gasteiger partial charge in [0.05, 0.1) is 6.54 Å². The zero-order chi connectivity index (χ0) is 17.1. The smallest absolute Gasteiger partial charge is 0.231 e. The highest BCUT2D eigenvalue weighted by Crippen LogP contribution is 2.09. The number of carbonyl (C=O) groups excluding carboxylic acids is 1. The molecule has 7 heteroatoms. The second-order valence-electron chi connectivity index (χ2n) is 6.09. The Kier molecular flexibility index (Phi) is 9.63. The van der Waals surface area contributed by atoms with E-state index in [1.807, 2.05) is 0 Å². The first-order valence-electron chi connectivity index (χ1n) is 8.79. The lowest BCUT2D eigenvalue weighted by Crippen LogP contribution is -2.50. The van der Waals surface area contributed by atoms with E-state index >= 15 is 0 Å². The number of guanidine groups is 1. The van der Waals surface area contributed by atoms with Crippen molar-refractivity contribution in [3.05, 3.63) is 0 Å². The summed E-state index contributed by atoms with van der Waals surface area (Å²) in [6, 6.07) is 0.406. The van der Waals surface area contributed by atoms with Crippen LogP contribution in [0.5, 0.6) is 0 Å². The second kappa shape index (κ2) is 11.2. The number of carbonyl (C=O) groups is 1. The molecule has 1 amide bonds. The highest BCUT2D eigenvalue weighted by molar-refractivity contribution is 5.80. The maximum absolute atomic E-state index is 10.9. The van der Waals surface area contributed by atoms with E-state index in [1.54, 1.807) is 7.05 Å². The monoisotopic (exact) mass is 326 g/mol. The highest BCUT2D eigenvalue weighted by atomic mass is 16.1. The first-order chi connectivity index (χ1) is 11.1. The van der Waals surface area contributed by atoms with Gasteiger partial charge in [-0.1, -0.05) is 13.8 Å². The number of aliphatic imine (C=N–C) groups is 1. The number of hydrogen-bond acceptors (Lipinski definition) is 4. The molecule has 7 nitrogen and oxygen atoms in total. The van der Waals surface area contributed by atoms with Gasteiger partial charge in [-0.15, -0.1) is 0 Å². The summed E-state index contributed by atoms with van der Waals surface area (Å²) in [6.07, 6.45) is 3.19. The summed E-state index contributed by atoms with van der Waals surface area (Å²) >= 11 is 0. The predicted octanol–water partition coefficient (Wildman–Crippen LogP) is -0.167. The molecule has 1 aliphatic heterocycles. The standard InChI is InChI=1S/C16H34N6O/c1-4-9-21(5-2)12-8-19-16(18-3)20-14-6-10-22(11-7-14)13-15(17)23/h14H,4-13H2,1-3H3,(H2,17,23)(H2,18,19,20). The number of hydrogen-bond donors (Lipinski definition) is 3. The van der Waals surface area contributed by atoms with Crippen LogP contribution >= 0.6 is 0 Å². The van der Waals surface area contributed by atoms with E-state index in [0.717, 1.165) is 58.1 Å². The SMILES string of the molecule is CCCN(CC)CCNC(=NC)NC1CCN(CC(N)=O)CC1. The Bertz CT molecular complexity index is 366. The average molecular weight is 326 g/mol. The Hall–Kier alpha value is -1.34. The second-order valence-corrected chi connectivity index (χ2v) is 6.09. The van der Waals surface area contributed by atoms with E-state index < -0.39 is 0 Å². The number of likely N-dealkylation sites (N-methyl/N-ethyl adjacent to an activating group) is 1. The maximum Gasteiger partial charge on any atom is 0.231 e.